The second-order valence-corrected chi connectivity index (χ2v) is 3.91. The molecule has 0 radical (unpaired) electrons. The van der Waals surface area contributed by atoms with Gasteiger partial charge in [0.25, 0.3) is 0 Å². The Labute approximate surface area is 81.5 Å². The predicted molar refractivity (Wildman–Crippen MR) is 49.0 cm³/mol. The Morgan fingerprint density at radius 3 is 3.00 bits per heavy atom. The van der Waals surface area contributed by atoms with Crippen molar-refractivity contribution in [3.05, 3.63) is 15.0 Å². The Kier molecular flexibility index (Phi) is 3.19. The summed E-state index contributed by atoms with van der Waals surface area (Å²) in [6, 6.07) is -0.501. The molecule has 0 saturated carbocycles. The summed E-state index contributed by atoms with van der Waals surface area (Å²) in [7, 11) is 0. The molecule has 66 valence electrons. The predicted octanol–water partition coefficient (Wildman–Crippen LogP) is 1.38. The molecule has 0 saturated heterocycles. The minimum absolute atomic E-state index is 0.0834. The summed E-state index contributed by atoms with van der Waals surface area (Å²) in [6.07, 6.45) is -0.0834. The van der Waals surface area contributed by atoms with Gasteiger partial charge in [-0.3, -0.25) is 4.79 Å². The number of hydrogen-bond acceptors (Lipinski definition) is 4. The number of aliphatic carboxylic acids is 1. The molecule has 0 aliphatic heterocycles. The summed E-state index contributed by atoms with van der Waals surface area (Å²) < 4.78 is 0.698. The Bertz CT molecular complexity index is 289. The molecule has 1 heterocycles. The SMILES string of the molecule is NC(CC(=O)O)c1nc(Br)cs1. The number of thiazole rings is 1. The maximum absolute atomic E-state index is 10.3. The molecule has 1 aromatic heterocycles. The topological polar surface area (TPSA) is 76.2 Å². The van der Waals surface area contributed by atoms with Crippen LogP contribution in [0, 0.1) is 0 Å². The molecule has 0 aromatic carbocycles. The maximum Gasteiger partial charge on any atom is 0.305 e. The molecule has 0 spiro atoms. The zero-order valence-corrected chi connectivity index (χ0v) is 8.43. The summed E-state index contributed by atoms with van der Waals surface area (Å²) in [5.41, 5.74) is 5.56. The van der Waals surface area contributed by atoms with Gasteiger partial charge in [0.15, 0.2) is 0 Å². The molecule has 0 aliphatic carbocycles. The van der Waals surface area contributed by atoms with E-state index in [1.54, 1.807) is 5.38 Å². The van der Waals surface area contributed by atoms with Crippen molar-refractivity contribution in [2.24, 2.45) is 5.73 Å². The van der Waals surface area contributed by atoms with Crippen LogP contribution >= 0.6 is 27.3 Å². The van der Waals surface area contributed by atoms with Gasteiger partial charge in [0.1, 0.15) is 9.61 Å². The quantitative estimate of drug-likeness (QED) is 0.850. The fraction of sp³-hybridized carbons (Fsp3) is 0.333. The van der Waals surface area contributed by atoms with Gasteiger partial charge in [-0.25, -0.2) is 4.98 Å². The average molecular weight is 251 g/mol. The third-order valence-corrected chi connectivity index (χ3v) is 2.89. The molecule has 1 rings (SSSR count). The van der Waals surface area contributed by atoms with E-state index in [1.165, 1.54) is 11.3 Å². The van der Waals surface area contributed by atoms with E-state index in [2.05, 4.69) is 20.9 Å². The van der Waals surface area contributed by atoms with E-state index in [0.29, 0.717) is 9.61 Å². The molecular formula is C6H7BrN2O2S. The molecule has 1 aromatic rings. The third-order valence-electron chi connectivity index (χ3n) is 1.21. The number of aromatic nitrogens is 1. The van der Waals surface area contributed by atoms with E-state index >= 15 is 0 Å². The van der Waals surface area contributed by atoms with Crippen molar-refractivity contribution in [3.63, 3.8) is 0 Å². The van der Waals surface area contributed by atoms with E-state index in [4.69, 9.17) is 10.8 Å². The fourth-order valence-corrected chi connectivity index (χ4v) is 1.98. The van der Waals surface area contributed by atoms with Crippen LogP contribution in [0.5, 0.6) is 0 Å². The lowest BCUT2D eigenvalue weighted by Gasteiger charge is -2.02. The van der Waals surface area contributed by atoms with Gasteiger partial charge >= 0.3 is 5.97 Å². The standard InChI is InChI=1S/C6H7BrN2O2S/c7-4-2-12-6(9-4)3(8)1-5(10)11/h2-3H,1,8H2,(H,10,11). The molecule has 6 heteroatoms. The van der Waals surface area contributed by atoms with Gasteiger partial charge in [-0.2, -0.15) is 0 Å². The van der Waals surface area contributed by atoms with Crippen molar-refractivity contribution < 1.29 is 9.90 Å². The number of carbonyl (C=O) groups is 1. The molecule has 0 fully saturated rings. The van der Waals surface area contributed by atoms with Crippen molar-refractivity contribution in [1.29, 1.82) is 0 Å². The summed E-state index contributed by atoms with van der Waals surface area (Å²) in [4.78, 5) is 14.3. The first kappa shape index (κ1) is 9.63. The van der Waals surface area contributed by atoms with Gasteiger partial charge in [-0.15, -0.1) is 11.3 Å². The Morgan fingerprint density at radius 2 is 2.58 bits per heavy atom. The van der Waals surface area contributed by atoms with Crippen molar-refractivity contribution in [2.45, 2.75) is 12.5 Å². The van der Waals surface area contributed by atoms with Crippen LogP contribution in [0.3, 0.4) is 0 Å². The number of hydrogen-bond donors (Lipinski definition) is 2. The van der Waals surface area contributed by atoms with E-state index in [9.17, 15) is 4.79 Å². The van der Waals surface area contributed by atoms with Crippen molar-refractivity contribution in [1.82, 2.24) is 4.98 Å². The monoisotopic (exact) mass is 250 g/mol. The molecule has 0 amide bonds. The van der Waals surface area contributed by atoms with E-state index in [0.717, 1.165) is 0 Å². The molecule has 12 heavy (non-hydrogen) atoms. The van der Waals surface area contributed by atoms with Crippen LogP contribution in [-0.4, -0.2) is 16.1 Å². The number of carboxylic acid groups (broad SMARTS) is 1. The number of rotatable bonds is 3. The fourth-order valence-electron chi connectivity index (χ4n) is 0.713. The first-order chi connectivity index (χ1) is 5.59. The van der Waals surface area contributed by atoms with E-state index < -0.39 is 12.0 Å². The minimum Gasteiger partial charge on any atom is -0.481 e. The van der Waals surface area contributed by atoms with Gasteiger partial charge in [-0.1, -0.05) is 0 Å². The number of nitrogens with two attached hydrogens (primary N) is 1. The Morgan fingerprint density at radius 1 is 1.92 bits per heavy atom. The molecular weight excluding hydrogens is 244 g/mol. The molecule has 0 bridgehead atoms. The van der Waals surface area contributed by atoms with Crippen molar-refractivity contribution in [3.8, 4) is 0 Å². The summed E-state index contributed by atoms with van der Waals surface area (Å²) in [6.45, 7) is 0. The molecule has 1 unspecified atom stereocenters. The zero-order valence-electron chi connectivity index (χ0n) is 6.03. The van der Waals surface area contributed by atoms with Crippen LogP contribution in [0.4, 0.5) is 0 Å². The maximum atomic E-state index is 10.3. The average Bonchev–Trinajstić information content (AvgIpc) is 2.34. The normalized spacial score (nSPS) is 12.8. The highest BCUT2D eigenvalue weighted by Gasteiger charge is 2.13. The Hall–Kier alpha value is -0.460. The van der Waals surface area contributed by atoms with Crippen LogP contribution in [0.15, 0.2) is 9.98 Å². The minimum atomic E-state index is -0.908. The number of nitrogens with zero attached hydrogens (tertiary/aromatic N) is 1. The Balaban J connectivity index is 2.64. The lowest BCUT2D eigenvalue weighted by Crippen LogP contribution is -2.14. The molecule has 1 atom stereocenters. The highest BCUT2D eigenvalue weighted by Crippen LogP contribution is 2.21. The highest BCUT2D eigenvalue weighted by atomic mass is 79.9. The number of halogens is 1. The largest absolute Gasteiger partial charge is 0.481 e. The first-order valence-corrected chi connectivity index (χ1v) is 4.85. The smallest absolute Gasteiger partial charge is 0.305 e. The third kappa shape index (κ3) is 2.54. The molecule has 3 N–H and O–H groups in total. The summed E-state index contributed by atoms with van der Waals surface area (Å²) in [5.74, 6) is -0.908. The van der Waals surface area contributed by atoms with Crippen LogP contribution in [-0.2, 0) is 4.79 Å². The van der Waals surface area contributed by atoms with Crippen molar-refractivity contribution in [2.75, 3.05) is 0 Å². The van der Waals surface area contributed by atoms with Gasteiger partial charge in [0, 0.05) is 5.38 Å². The van der Waals surface area contributed by atoms with Gasteiger partial charge < -0.3 is 10.8 Å². The zero-order chi connectivity index (χ0) is 9.14. The number of carboxylic acids is 1. The summed E-state index contributed by atoms with van der Waals surface area (Å²) >= 11 is 4.52. The summed E-state index contributed by atoms with van der Waals surface area (Å²) in [5, 5.41) is 10.9. The van der Waals surface area contributed by atoms with Gasteiger partial charge in [-0.05, 0) is 15.9 Å². The van der Waals surface area contributed by atoms with E-state index in [1.807, 2.05) is 0 Å². The van der Waals surface area contributed by atoms with Crippen LogP contribution < -0.4 is 5.73 Å². The first-order valence-electron chi connectivity index (χ1n) is 3.18. The van der Waals surface area contributed by atoms with Crippen LogP contribution in [0.25, 0.3) is 0 Å². The van der Waals surface area contributed by atoms with Gasteiger partial charge in [0.2, 0.25) is 0 Å². The van der Waals surface area contributed by atoms with Crippen LogP contribution in [0.2, 0.25) is 0 Å². The van der Waals surface area contributed by atoms with Gasteiger partial charge in [0.05, 0.1) is 12.5 Å². The molecule has 0 aliphatic rings. The second kappa shape index (κ2) is 3.97. The highest BCUT2D eigenvalue weighted by molar-refractivity contribution is 9.10. The molecule has 4 nitrogen and oxygen atoms in total. The lowest BCUT2D eigenvalue weighted by molar-refractivity contribution is -0.137. The van der Waals surface area contributed by atoms with E-state index in [-0.39, 0.29) is 6.42 Å². The second-order valence-electron chi connectivity index (χ2n) is 2.21. The lowest BCUT2D eigenvalue weighted by atomic mass is 10.2. The van der Waals surface area contributed by atoms with Crippen LogP contribution in [0.1, 0.15) is 17.5 Å². The van der Waals surface area contributed by atoms with Crippen molar-refractivity contribution >= 4 is 33.2 Å².